The Morgan fingerprint density at radius 2 is 2.04 bits per heavy atom. The summed E-state index contributed by atoms with van der Waals surface area (Å²) in [5.74, 6) is 0.593. The first kappa shape index (κ1) is 23.7. The van der Waals surface area contributed by atoms with Crippen molar-refractivity contribution in [3.63, 3.8) is 0 Å². The molecule has 7 nitrogen and oxygen atoms in total. The van der Waals surface area contributed by atoms with Crippen LogP contribution in [0.3, 0.4) is 0 Å². The quantitative estimate of drug-likeness (QED) is 0.346. The lowest BCUT2D eigenvalue weighted by Crippen LogP contribution is -2.48. The van der Waals surface area contributed by atoms with Crippen LogP contribution in [0.5, 0.6) is 0 Å². The molecule has 0 fully saturated rings. The zero-order valence-corrected chi connectivity index (χ0v) is 19.2. The molecular weight excluding hydrogens is 479 g/mol. The van der Waals surface area contributed by atoms with E-state index in [1.807, 2.05) is 30.0 Å². The minimum absolute atomic E-state index is 0. The first-order chi connectivity index (χ1) is 12.3. The van der Waals surface area contributed by atoms with Crippen molar-refractivity contribution in [1.82, 2.24) is 10.6 Å². The van der Waals surface area contributed by atoms with Gasteiger partial charge in [-0.15, -0.1) is 24.0 Å². The Bertz CT molecular complexity index is 768. The maximum atomic E-state index is 12.6. The van der Waals surface area contributed by atoms with Crippen LogP contribution in [0.2, 0.25) is 0 Å². The molecule has 2 rings (SSSR count). The number of aliphatic imine (C=N–C) groups is 1. The van der Waals surface area contributed by atoms with Crippen molar-refractivity contribution in [2.45, 2.75) is 32.2 Å². The Labute approximate surface area is 178 Å². The number of fused-ring (bicyclic) bond motifs is 1. The molecule has 1 aliphatic rings. The molecular formula is C18H29IN4O3S. The summed E-state index contributed by atoms with van der Waals surface area (Å²) in [6.45, 7) is 2.74. The Morgan fingerprint density at radius 1 is 1.33 bits per heavy atom. The number of halogens is 1. The fourth-order valence-corrected chi connectivity index (χ4v) is 3.72. The number of rotatable bonds is 6. The minimum Gasteiger partial charge on any atom is -0.354 e. The lowest BCUT2D eigenvalue weighted by Gasteiger charge is -2.29. The molecule has 0 saturated heterocycles. The van der Waals surface area contributed by atoms with Crippen LogP contribution in [0.1, 0.15) is 25.3 Å². The largest absolute Gasteiger partial charge is 0.354 e. The summed E-state index contributed by atoms with van der Waals surface area (Å²) in [4.78, 5) is 18.5. The number of nitrogens with one attached hydrogen (secondary N) is 2. The second-order valence-corrected chi connectivity index (χ2v) is 8.93. The average Bonchev–Trinajstić information content (AvgIpc) is 2.62. The number of hydrogen-bond donors (Lipinski definition) is 2. The normalized spacial score (nSPS) is 15.4. The first-order valence-corrected chi connectivity index (χ1v) is 10.9. The highest BCUT2D eigenvalue weighted by atomic mass is 127. The van der Waals surface area contributed by atoms with Crippen molar-refractivity contribution in [3.05, 3.63) is 29.8 Å². The van der Waals surface area contributed by atoms with Gasteiger partial charge in [-0.2, -0.15) is 0 Å². The molecule has 2 N–H and O–H groups in total. The van der Waals surface area contributed by atoms with E-state index in [0.29, 0.717) is 18.9 Å². The predicted octanol–water partition coefficient (Wildman–Crippen LogP) is 1.57. The monoisotopic (exact) mass is 508 g/mol. The van der Waals surface area contributed by atoms with Gasteiger partial charge in [0.1, 0.15) is 9.84 Å². The van der Waals surface area contributed by atoms with Crippen LogP contribution < -0.4 is 15.5 Å². The molecule has 1 amide bonds. The van der Waals surface area contributed by atoms with E-state index in [1.165, 1.54) is 11.8 Å². The van der Waals surface area contributed by atoms with E-state index in [4.69, 9.17) is 0 Å². The third-order valence-corrected chi connectivity index (χ3v) is 5.32. The topological polar surface area (TPSA) is 90.9 Å². The molecule has 0 spiro atoms. The van der Waals surface area contributed by atoms with Gasteiger partial charge in [-0.05, 0) is 37.8 Å². The van der Waals surface area contributed by atoms with Crippen LogP contribution in [-0.2, 0) is 21.1 Å². The number of guanidine groups is 1. The van der Waals surface area contributed by atoms with E-state index in [2.05, 4.69) is 21.7 Å². The zero-order valence-electron chi connectivity index (χ0n) is 16.1. The maximum Gasteiger partial charge on any atom is 0.246 e. The van der Waals surface area contributed by atoms with Crippen molar-refractivity contribution in [3.8, 4) is 0 Å². The van der Waals surface area contributed by atoms with E-state index >= 15 is 0 Å². The standard InChI is InChI=1S/C18H28N4O3S.HI/c1-14(10-12-26(3,24)25)21-18(19-2)20-13-17(23)22-11-6-8-15-7-4-5-9-16(15)22;/h4-5,7,9,14H,6,8,10-13H2,1-3H3,(H2,19,20,21);1H. The highest BCUT2D eigenvalue weighted by Gasteiger charge is 2.22. The van der Waals surface area contributed by atoms with Gasteiger partial charge in [0.05, 0.1) is 12.3 Å². The van der Waals surface area contributed by atoms with Crippen LogP contribution in [-0.4, -0.2) is 58.5 Å². The van der Waals surface area contributed by atoms with Crippen molar-refractivity contribution < 1.29 is 13.2 Å². The van der Waals surface area contributed by atoms with Gasteiger partial charge in [-0.1, -0.05) is 18.2 Å². The number of sulfone groups is 1. The summed E-state index contributed by atoms with van der Waals surface area (Å²) >= 11 is 0. The summed E-state index contributed by atoms with van der Waals surface area (Å²) in [6.07, 6.45) is 3.65. The zero-order chi connectivity index (χ0) is 19.2. The van der Waals surface area contributed by atoms with Gasteiger partial charge >= 0.3 is 0 Å². The number of carbonyl (C=O) groups is 1. The molecule has 1 aromatic carbocycles. The molecule has 152 valence electrons. The molecule has 0 radical (unpaired) electrons. The molecule has 0 aliphatic carbocycles. The maximum absolute atomic E-state index is 12.6. The summed E-state index contributed by atoms with van der Waals surface area (Å²) in [6, 6.07) is 7.91. The van der Waals surface area contributed by atoms with Crippen molar-refractivity contribution >= 4 is 51.4 Å². The number of para-hydroxylation sites is 1. The third-order valence-electron chi connectivity index (χ3n) is 4.35. The second-order valence-electron chi connectivity index (χ2n) is 6.67. The van der Waals surface area contributed by atoms with Crippen LogP contribution in [0.4, 0.5) is 5.69 Å². The van der Waals surface area contributed by atoms with Crippen LogP contribution in [0.25, 0.3) is 0 Å². The molecule has 1 unspecified atom stereocenters. The average molecular weight is 508 g/mol. The van der Waals surface area contributed by atoms with E-state index in [0.717, 1.165) is 18.5 Å². The van der Waals surface area contributed by atoms with Crippen molar-refractivity contribution in [2.75, 3.05) is 37.0 Å². The van der Waals surface area contributed by atoms with E-state index in [-0.39, 0.29) is 48.2 Å². The van der Waals surface area contributed by atoms with Crippen molar-refractivity contribution in [2.24, 2.45) is 4.99 Å². The van der Waals surface area contributed by atoms with E-state index in [1.54, 1.807) is 7.05 Å². The van der Waals surface area contributed by atoms with Crippen LogP contribution in [0.15, 0.2) is 29.3 Å². The van der Waals surface area contributed by atoms with Crippen LogP contribution in [0, 0.1) is 0 Å². The minimum atomic E-state index is -2.99. The van der Waals surface area contributed by atoms with Gasteiger partial charge in [-0.25, -0.2) is 8.42 Å². The molecule has 0 saturated carbocycles. The Hall–Kier alpha value is -1.36. The fraction of sp³-hybridized carbons (Fsp3) is 0.556. The SMILES string of the molecule is CN=C(NCC(=O)N1CCCc2ccccc21)NC(C)CCS(C)(=O)=O.I. The van der Waals surface area contributed by atoms with Gasteiger partial charge in [0, 0.05) is 31.6 Å². The molecule has 1 atom stereocenters. The summed E-state index contributed by atoms with van der Waals surface area (Å²) in [5, 5.41) is 6.14. The smallest absolute Gasteiger partial charge is 0.246 e. The predicted molar refractivity (Wildman–Crippen MR) is 121 cm³/mol. The molecule has 1 heterocycles. The third kappa shape index (κ3) is 7.65. The second kappa shape index (κ2) is 10.8. The van der Waals surface area contributed by atoms with Gasteiger partial charge in [0.15, 0.2) is 5.96 Å². The molecule has 1 aromatic rings. The van der Waals surface area contributed by atoms with E-state index in [9.17, 15) is 13.2 Å². The number of benzene rings is 1. The van der Waals surface area contributed by atoms with Gasteiger partial charge in [0.25, 0.3) is 0 Å². The Kier molecular flexibility index (Phi) is 9.51. The molecule has 27 heavy (non-hydrogen) atoms. The summed E-state index contributed by atoms with van der Waals surface area (Å²) in [5.41, 5.74) is 2.18. The van der Waals surface area contributed by atoms with Crippen LogP contribution >= 0.6 is 24.0 Å². The van der Waals surface area contributed by atoms with Gasteiger partial charge < -0.3 is 15.5 Å². The Morgan fingerprint density at radius 3 is 2.70 bits per heavy atom. The molecule has 1 aliphatic heterocycles. The number of hydrogen-bond acceptors (Lipinski definition) is 4. The number of aryl methyl sites for hydroxylation is 1. The fourth-order valence-electron chi connectivity index (χ4n) is 2.94. The lowest BCUT2D eigenvalue weighted by molar-refractivity contribution is -0.117. The number of nitrogens with zero attached hydrogens (tertiary/aromatic N) is 2. The van der Waals surface area contributed by atoms with Crippen molar-refractivity contribution in [1.29, 1.82) is 0 Å². The number of anilines is 1. The van der Waals surface area contributed by atoms with E-state index < -0.39 is 9.84 Å². The summed E-state index contributed by atoms with van der Waals surface area (Å²) in [7, 11) is -1.37. The first-order valence-electron chi connectivity index (χ1n) is 8.83. The van der Waals surface area contributed by atoms with Gasteiger partial charge in [-0.3, -0.25) is 9.79 Å². The Balaban J connectivity index is 0.00000364. The number of carbonyl (C=O) groups excluding carboxylic acids is 1. The molecule has 0 aromatic heterocycles. The summed E-state index contributed by atoms with van der Waals surface area (Å²) < 4.78 is 22.5. The molecule has 0 bridgehead atoms. The van der Waals surface area contributed by atoms with Gasteiger partial charge in [0.2, 0.25) is 5.91 Å². The lowest BCUT2D eigenvalue weighted by atomic mass is 10.0. The highest BCUT2D eigenvalue weighted by molar-refractivity contribution is 14.0. The number of amides is 1. The highest BCUT2D eigenvalue weighted by Crippen LogP contribution is 2.26. The molecule has 9 heteroatoms.